The van der Waals surface area contributed by atoms with Crippen LogP contribution in [0.1, 0.15) is 5.56 Å². The van der Waals surface area contributed by atoms with Crippen molar-refractivity contribution >= 4 is 50.4 Å². The van der Waals surface area contributed by atoms with E-state index in [0.29, 0.717) is 0 Å². The largest absolute Gasteiger partial charge is 0.253 e. The van der Waals surface area contributed by atoms with Gasteiger partial charge in [-0.3, -0.25) is 5.43 Å². The molecule has 3 aromatic rings. The smallest absolute Gasteiger partial charge is 0.203 e. The second kappa shape index (κ2) is 7.77. The normalized spacial score (nSPS) is 11.0. The van der Waals surface area contributed by atoms with Crippen LogP contribution in [0, 0.1) is 0 Å². The van der Waals surface area contributed by atoms with Gasteiger partial charge in [-0.2, -0.15) is 5.10 Å². The Hall–Kier alpha value is -1.63. The Morgan fingerprint density at radius 3 is 2.57 bits per heavy atom. The van der Waals surface area contributed by atoms with Crippen LogP contribution in [0.4, 0.5) is 5.13 Å². The van der Waals surface area contributed by atoms with Gasteiger partial charge in [-0.1, -0.05) is 40.2 Å². The van der Waals surface area contributed by atoms with Crippen LogP contribution in [-0.4, -0.2) is 17.5 Å². The van der Waals surface area contributed by atoms with Crippen LogP contribution in [-0.2, 0) is 0 Å². The Kier molecular flexibility index (Phi) is 5.48. The van der Waals surface area contributed by atoms with Gasteiger partial charge in [0.1, 0.15) is 0 Å². The zero-order valence-corrected chi connectivity index (χ0v) is 15.6. The first kappa shape index (κ1) is 16.2. The van der Waals surface area contributed by atoms with Crippen molar-refractivity contribution in [1.82, 2.24) is 4.98 Å². The summed E-state index contributed by atoms with van der Waals surface area (Å²) in [6.45, 7) is 0. The number of nitrogens with one attached hydrogen (secondary N) is 1. The van der Waals surface area contributed by atoms with Crippen molar-refractivity contribution in [3.05, 3.63) is 63.9 Å². The van der Waals surface area contributed by atoms with Crippen molar-refractivity contribution in [3.8, 4) is 11.3 Å². The average molecular weight is 404 g/mol. The second-order valence-electron chi connectivity index (χ2n) is 4.69. The predicted octanol–water partition coefficient (Wildman–Crippen LogP) is 5.74. The standard InChI is InChI=1S/C17H14BrN3S2/c1-22-15-8-4-13(5-9-15)16-11-23-17(20-16)21-19-10-12-2-6-14(18)7-3-12/h2-11H,1H3,(H,20,21)/b19-10-. The quantitative estimate of drug-likeness (QED) is 0.335. The third-order valence-corrected chi connectivity index (χ3v) is 5.15. The van der Waals surface area contributed by atoms with E-state index in [1.54, 1.807) is 29.3 Å². The Labute approximate surface area is 152 Å². The molecule has 0 aliphatic rings. The lowest BCUT2D eigenvalue weighted by molar-refractivity contribution is 1.28. The first-order valence-electron chi connectivity index (χ1n) is 6.89. The number of hydrogen-bond acceptors (Lipinski definition) is 5. The molecule has 6 heteroatoms. The molecule has 116 valence electrons. The van der Waals surface area contributed by atoms with Gasteiger partial charge in [-0.25, -0.2) is 4.98 Å². The first-order valence-corrected chi connectivity index (χ1v) is 9.79. The van der Waals surface area contributed by atoms with E-state index < -0.39 is 0 Å². The van der Waals surface area contributed by atoms with E-state index in [0.717, 1.165) is 26.4 Å². The predicted molar refractivity (Wildman–Crippen MR) is 105 cm³/mol. The number of thiazole rings is 1. The van der Waals surface area contributed by atoms with Gasteiger partial charge < -0.3 is 0 Å². The van der Waals surface area contributed by atoms with Gasteiger partial charge in [-0.15, -0.1) is 23.1 Å². The minimum atomic E-state index is 0.780. The average Bonchev–Trinajstić information content (AvgIpc) is 3.06. The molecule has 2 aromatic carbocycles. The monoisotopic (exact) mass is 403 g/mol. The highest BCUT2D eigenvalue weighted by atomic mass is 79.9. The molecule has 0 atom stereocenters. The number of hydrogen-bond donors (Lipinski definition) is 1. The molecule has 1 aromatic heterocycles. The summed E-state index contributed by atoms with van der Waals surface area (Å²) in [6.07, 6.45) is 3.85. The minimum Gasteiger partial charge on any atom is -0.253 e. The molecule has 1 heterocycles. The molecule has 0 aliphatic heterocycles. The second-order valence-corrected chi connectivity index (χ2v) is 7.34. The number of thioether (sulfide) groups is 1. The fourth-order valence-electron chi connectivity index (χ4n) is 1.93. The van der Waals surface area contributed by atoms with Crippen molar-refractivity contribution in [1.29, 1.82) is 0 Å². The molecule has 3 nitrogen and oxygen atoms in total. The van der Waals surface area contributed by atoms with E-state index in [1.807, 2.05) is 29.6 Å². The number of halogens is 1. The Morgan fingerprint density at radius 2 is 1.87 bits per heavy atom. The Balaban J connectivity index is 1.65. The van der Waals surface area contributed by atoms with Gasteiger partial charge in [0.25, 0.3) is 0 Å². The van der Waals surface area contributed by atoms with Gasteiger partial charge in [0.05, 0.1) is 11.9 Å². The van der Waals surface area contributed by atoms with E-state index in [2.05, 4.69) is 62.0 Å². The van der Waals surface area contributed by atoms with Gasteiger partial charge in [0.15, 0.2) is 0 Å². The van der Waals surface area contributed by atoms with E-state index in [-0.39, 0.29) is 0 Å². The van der Waals surface area contributed by atoms with E-state index in [9.17, 15) is 0 Å². The lowest BCUT2D eigenvalue weighted by Gasteiger charge is -1.99. The van der Waals surface area contributed by atoms with E-state index in [1.165, 1.54) is 4.90 Å². The molecular formula is C17H14BrN3S2. The summed E-state index contributed by atoms with van der Waals surface area (Å²) in [5.41, 5.74) is 6.09. The molecule has 0 spiro atoms. The molecule has 0 unspecified atom stereocenters. The summed E-state index contributed by atoms with van der Waals surface area (Å²) in [5, 5.41) is 7.04. The molecule has 0 bridgehead atoms. The highest BCUT2D eigenvalue weighted by Gasteiger charge is 2.03. The van der Waals surface area contributed by atoms with E-state index >= 15 is 0 Å². The number of benzene rings is 2. The van der Waals surface area contributed by atoms with Crippen molar-refractivity contribution in [2.24, 2.45) is 5.10 Å². The van der Waals surface area contributed by atoms with Gasteiger partial charge in [0.2, 0.25) is 5.13 Å². The summed E-state index contributed by atoms with van der Waals surface area (Å²) in [6, 6.07) is 16.4. The molecule has 0 amide bonds. The molecule has 0 fully saturated rings. The third kappa shape index (κ3) is 4.43. The molecule has 3 rings (SSSR count). The maximum Gasteiger partial charge on any atom is 0.203 e. The number of rotatable bonds is 5. The van der Waals surface area contributed by atoms with Gasteiger partial charge >= 0.3 is 0 Å². The fourth-order valence-corrected chi connectivity index (χ4v) is 3.27. The van der Waals surface area contributed by atoms with Crippen molar-refractivity contribution in [2.45, 2.75) is 4.90 Å². The van der Waals surface area contributed by atoms with Crippen molar-refractivity contribution in [3.63, 3.8) is 0 Å². The third-order valence-electron chi connectivity index (χ3n) is 3.13. The molecule has 0 radical (unpaired) electrons. The summed E-state index contributed by atoms with van der Waals surface area (Å²) < 4.78 is 1.06. The molecule has 0 saturated heterocycles. The highest BCUT2D eigenvalue weighted by molar-refractivity contribution is 9.10. The van der Waals surface area contributed by atoms with Crippen LogP contribution < -0.4 is 5.43 Å². The summed E-state index contributed by atoms with van der Waals surface area (Å²) in [7, 11) is 0. The SMILES string of the molecule is CSc1ccc(-c2csc(N/N=C\c3ccc(Br)cc3)n2)cc1. The van der Waals surface area contributed by atoms with E-state index in [4.69, 9.17) is 0 Å². The van der Waals surface area contributed by atoms with Gasteiger partial charge in [-0.05, 0) is 36.1 Å². The lowest BCUT2D eigenvalue weighted by atomic mass is 10.2. The first-order chi connectivity index (χ1) is 11.2. The topological polar surface area (TPSA) is 37.3 Å². The summed E-state index contributed by atoms with van der Waals surface area (Å²) in [5.74, 6) is 0. The van der Waals surface area contributed by atoms with Crippen LogP contribution in [0.3, 0.4) is 0 Å². The fraction of sp³-hybridized carbons (Fsp3) is 0.0588. The number of aromatic nitrogens is 1. The summed E-state index contributed by atoms with van der Waals surface area (Å²) in [4.78, 5) is 5.81. The van der Waals surface area contributed by atoms with Crippen molar-refractivity contribution < 1.29 is 0 Å². The Morgan fingerprint density at radius 1 is 1.13 bits per heavy atom. The zero-order chi connectivity index (χ0) is 16.1. The maximum absolute atomic E-state index is 4.56. The van der Waals surface area contributed by atoms with Crippen LogP contribution in [0.2, 0.25) is 0 Å². The molecule has 23 heavy (non-hydrogen) atoms. The lowest BCUT2D eigenvalue weighted by Crippen LogP contribution is -1.90. The van der Waals surface area contributed by atoms with Crippen LogP contribution in [0.25, 0.3) is 11.3 Å². The highest BCUT2D eigenvalue weighted by Crippen LogP contribution is 2.26. The number of anilines is 1. The van der Waals surface area contributed by atoms with Crippen molar-refractivity contribution in [2.75, 3.05) is 11.7 Å². The maximum atomic E-state index is 4.56. The molecule has 1 N–H and O–H groups in total. The molecule has 0 saturated carbocycles. The zero-order valence-electron chi connectivity index (χ0n) is 12.4. The molecular weight excluding hydrogens is 390 g/mol. The Bertz CT molecular complexity index is 795. The molecule has 0 aliphatic carbocycles. The van der Waals surface area contributed by atoms with Crippen LogP contribution in [0.5, 0.6) is 0 Å². The minimum absolute atomic E-state index is 0.780. The van der Waals surface area contributed by atoms with Crippen LogP contribution >= 0.6 is 39.0 Å². The van der Waals surface area contributed by atoms with Crippen LogP contribution in [0.15, 0.2) is 68.4 Å². The summed E-state index contributed by atoms with van der Waals surface area (Å²) >= 11 is 6.69. The van der Waals surface area contributed by atoms with Gasteiger partial charge in [0, 0.05) is 20.3 Å². The number of nitrogens with zero attached hydrogens (tertiary/aromatic N) is 2. The number of hydrazone groups is 1.